The number of ether oxygens (including phenoxy) is 1. The number of nitrogens with two attached hydrogens (primary N) is 1. The molecule has 2 aliphatic rings. The van der Waals surface area contributed by atoms with E-state index < -0.39 is 6.23 Å². The van der Waals surface area contributed by atoms with Crippen molar-refractivity contribution in [3.8, 4) is 5.75 Å². The Morgan fingerprint density at radius 3 is 2.82 bits per heavy atom. The molecule has 3 N–H and O–H groups in total. The molecule has 4 rings (SSSR count). The Balaban J connectivity index is 1.35. The molecular weight excluding hydrogens is 381 g/mol. The third kappa shape index (κ3) is 4.29. The SMILES string of the molecule is NC1Cc2cc(Cl)cc(C(=O)NC3CCN(Cc4cccc(F)c4)CC3)c2O1. The second-order valence-electron chi connectivity index (χ2n) is 7.46. The fraction of sp³-hybridized carbons (Fsp3) is 0.381. The molecule has 0 radical (unpaired) electrons. The Morgan fingerprint density at radius 1 is 1.29 bits per heavy atom. The molecular formula is C21H23ClFN3O2. The fourth-order valence-corrected chi connectivity index (χ4v) is 4.15. The standard InChI is InChI=1S/C21H23ClFN3O2/c22-15-9-14-10-19(24)28-20(14)18(11-15)21(27)25-17-4-6-26(7-5-17)12-13-2-1-3-16(23)8-13/h1-3,8-9,11,17,19H,4-7,10,12,24H2,(H,25,27). The van der Waals surface area contributed by atoms with Gasteiger partial charge in [0.25, 0.3) is 5.91 Å². The van der Waals surface area contributed by atoms with Crippen molar-refractivity contribution in [2.45, 2.75) is 38.1 Å². The maximum Gasteiger partial charge on any atom is 0.255 e. The molecule has 0 aromatic heterocycles. The molecule has 28 heavy (non-hydrogen) atoms. The van der Waals surface area contributed by atoms with Crippen LogP contribution >= 0.6 is 11.6 Å². The Bertz CT molecular complexity index is 884. The number of nitrogens with zero attached hydrogens (tertiary/aromatic N) is 1. The van der Waals surface area contributed by atoms with Crippen molar-refractivity contribution in [1.82, 2.24) is 10.2 Å². The van der Waals surface area contributed by atoms with Gasteiger partial charge in [0.1, 0.15) is 11.6 Å². The topological polar surface area (TPSA) is 67.6 Å². The van der Waals surface area contributed by atoms with Gasteiger partial charge in [-0.2, -0.15) is 0 Å². The number of amides is 1. The molecule has 1 saturated heterocycles. The molecule has 2 aliphatic heterocycles. The van der Waals surface area contributed by atoms with Gasteiger partial charge in [-0.3, -0.25) is 15.4 Å². The Labute approximate surface area is 168 Å². The molecule has 1 atom stereocenters. The maximum absolute atomic E-state index is 13.3. The second-order valence-corrected chi connectivity index (χ2v) is 7.89. The predicted octanol–water partition coefficient (Wildman–Crippen LogP) is 3.09. The lowest BCUT2D eigenvalue weighted by Crippen LogP contribution is -2.44. The van der Waals surface area contributed by atoms with E-state index in [9.17, 15) is 9.18 Å². The lowest BCUT2D eigenvalue weighted by atomic mass is 10.0. The summed E-state index contributed by atoms with van der Waals surface area (Å²) < 4.78 is 19.0. The molecule has 0 bridgehead atoms. The summed E-state index contributed by atoms with van der Waals surface area (Å²) in [6.45, 7) is 2.40. The van der Waals surface area contributed by atoms with E-state index in [4.69, 9.17) is 22.1 Å². The van der Waals surface area contributed by atoms with Crippen LogP contribution in [0.15, 0.2) is 36.4 Å². The van der Waals surface area contributed by atoms with Crippen molar-refractivity contribution < 1.29 is 13.9 Å². The molecule has 0 aliphatic carbocycles. The molecule has 2 heterocycles. The van der Waals surface area contributed by atoms with Crippen molar-refractivity contribution in [3.63, 3.8) is 0 Å². The summed E-state index contributed by atoms with van der Waals surface area (Å²) in [4.78, 5) is 15.1. The first-order valence-electron chi connectivity index (χ1n) is 9.50. The number of likely N-dealkylation sites (tertiary alicyclic amines) is 1. The number of rotatable bonds is 4. The highest BCUT2D eigenvalue weighted by molar-refractivity contribution is 6.31. The van der Waals surface area contributed by atoms with E-state index in [1.54, 1.807) is 24.3 Å². The van der Waals surface area contributed by atoms with Crippen LogP contribution in [0, 0.1) is 5.82 Å². The van der Waals surface area contributed by atoms with E-state index >= 15 is 0 Å². The smallest absolute Gasteiger partial charge is 0.255 e. The third-order valence-corrected chi connectivity index (χ3v) is 5.50. The number of fused-ring (bicyclic) bond motifs is 1. The lowest BCUT2D eigenvalue weighted by molar-refractivity contribution is 0.0904. The molecule has 0 saturated carbocycles. The number of carbonyl (C=O) groups is 1. The normalized spacial score (nSPS) is 19.9. The highest BCUT2D eigenvalue weighted by atomic mass is 35.5. The Hall–Kier alpha value is -2.15. The zero-order valence-electron chi connectivity index (χ0n) is 15.5. The van der Waals surface area contributed by atoms with Gasteiger partial charge in [0, 0.05) is 42.7 Å². The first-order valence-corrected chi connectivity index (χ1v) is 9.88. The van der Waals surface area contributed by atoms with Gasteiger partial charge < -0.3 is 10.1 Å². The van der Waals surface area contributed by atoms with Gasteiger partial charge in [0.05, 0.1) is 5.56 Å². The summed E-state index contributed by atoms with van der Waals surface area (Å²) in [5.41, 5.74) is 8.13. The number of nitrogens with one attached hydrogen (secondary N) is 1. The molecule has 1 amide bonds. The second kappa shape index (κ2) is 8.07. The number of halogens is 2. The highest BCUT2D eigenvalue weighted by Crippen LogP contribution is 2.34. The molecule has 2 aromatic carbocycles. The number of piperidine rings is 1. The van der Waals surface area contributed by atoms with Gasteiger partial charge in [0.2, 0.25) is 0 Å². The first kappa shape index (κ1) is 19.2. The van der Waals surface area contributed by atoms with Crippen LogP contribution in [0.1, 0.15) is 34.3 Å². The molecule has 1 fully saturated rings. The minimum atomic E-state index is -0.439. The van der Waals surface area contributed by atoms with Crippen LogP contribution in [-0.4, -0.2) is 36.2 Å². The van der Waals surface area contributed by atoms with Crippen LogP contribution in [0.2, 0.25) is 5.02 Å². The van der Waals surface area contributed by atoms with Crippen LogP contribution < -0.4 is 15.8 Å². The quantitative estimate of drug-likeness (QED) is 0.823. The van der Waals surface area contributed by atoms with Crippen molar-refractivity contribution >= 4 is 17.5 Å². The summed E-state index contributed by atoms with van der Waals surface area (Å²) in [5.74, 6) is 0.144. The van der Waals surface area contributed by atoms with Gasteiger partial charge in [-0.25, -0.2) is 4.39 Å². The predicted molar refractivity (Wildman–Crippen MR) is 106 cm³/mol. The van der Waals surface area contributed by atoms with E-state index in [1.165, 1.54) is 6.07 Å². The zero-order chi connectivity index (χ0) is 19.7. The molecule has 1 unspecified atom stereocenters. The van der Waals surface area contributed by atoms with Crippen LogP contribution in [0.4, 0.5) is 4.39 Å². The number of hydrogen-bond donors (Lipinski definition) is 2. The largest absolute Gasteiger partial charge is 0.474 e. The van der Waals surface area contributed by atoms with Crippen molar-refractivity contribution in [2.75, 3.05) is 13.1 Å². The number of hydrogen-bond acceptors (Lipinski definition) is 4. The van der Waals surface area contributed by atoms with E-state index in [1.807, 2.05) is 6.07 Å². The molecule has 2 aromatic rings. The Kier molecular flexibility index (Phi) is 5.53. The maximum atomic E-state index is 13.3. The van der Waals surface area contributed by atoms with E-state index in [2.05, 4.69) is 10.2 Å². The van der Waals surface area contributed by atoms with Crippen LogP contribution in [-0.2, 0) is 13.0 Å². The van der Waals surface area contributed by atoms with Gasteiger partial charge in [0.15, 0.2) is 6.23 Å². The summed E-state index contributed by atoms with van der Waals surface area (Å²) in [5, 5.41) is 3.60. The fourth-order valence-electron chi connectivity index (χ4n) is 3.91. The van der Waals surface area contributed by atoms with Gasteiger partial charge in [-0.05, 0) is 42.7 Å². The number of carbonyl (C=O) groups excluding carboxylic acids is 1. The minimum absolute atomic E-state index is 0.0842. The van der Waals surface area contributed by atoms with E-state index in [-0.39, 0.29) is 17.8 Å². The molecule has 148 valence electrons. The third-order valence-electron chi connectivity index (χ3n) is 5.28. The van der Waals surface area contributed by atoms with Gasteiger partial charge in [-0.15, -0.1) is 0 Å². The van der Waals surface area contributed by atoms with Crippen LogP contribution in [0.5, 0.6) is 5.75 Å². The average Bonchev–Trinajstić information content (AvgIpc) is 3.02. The first-order chi connectivity index (χ1) is 13.5. The van der Waals surface area contributed by atoms with Gasteiger partial charge >= 0.3 is 0 Å². The summed E-state index contributed by atoms with van der Waals surface area (Å²) >= 11 is 6.16. The summed E-state index contributed by atoms with van der Waals surface area (Å²) in [6, 6.07) is 10.2. The Morgan fingerprint density at radius 2 is 2.07 bits per heavy atom. The molecule has 7 heteroatoms. The van der Waals surface area contributed by atoms with E-state index in [0.717, 1.165) is 37.1 Å². The lowest BCUT2D eigenvalue weighted by Gasteiger charge is -2.32. The molecule has 0 spiro atoms. The highest BCUT2D eigenvalue weighted by Gasteiger charge is 2.28. The summed E-state index contributed by atoms with van der Waals surface area (Å²) in [7, 11) is 0. The van der Waals surface area contributed by atoms with Crippen molar-refractivity contribution in [2.24, 2.45) is 5.73 Å². The van der Waals surface area contributed by atoms with Crippen LogP contribution in [0.25, 0.3) is 0 Å². The van der Waals surface area contributed by atoms with Gasteiger partial charge in [-0.1, -0.05) is 23.7 Å². The van der Waals surface area contributed by atoms with Crippen LogP contribution in [0.3, 0.4) is 0 Å². The monoisotopic (exact) mass is 403 g/mol. The average molecular weight is 404 g/mol. The van der Waals surface area contributed by atoms with Crippen molar-refractivity contribution in [1.29, 1.82) is 0 Å². The van der Waals surface area contributed by atoms with E-state index in [0.29, 0.717) is 29.3 Å². The minimum Gasteiger partial charge on any atom is -0.474 e. The molecule has 5 nitrogen and oxygen atoms in total. The summed E-state index contributed by atoms with van der Waals surface area (Å²) in [6.07, 6.45) is 1.79. The zero-order valence-corrected chi connectivity index (χ0v) is 16.2. The number of benzene rings is 2. The van der Waals surface area contributed by atoms with Crippen molar-refractivity contribution in [3.05, 3.63) is 63.9 Å².